The molecule has 1 fully saturated rings. The topological polar surface area (TPSA) is 51.2 Å². The molecule has 0 aliphatic heterocycles. The van der Waals surface area contributed by atoms with Crippen molar-refractivity contribution >= 4 is 5.91 Å². The Morgan fingerprint density at radius 3 is 3.00 bits per heavy atom. The number of hydrogen-bond acceptors (Lipinski definition) is 3. The zero-order valence-electron chi connectivity index (χ0n) is 13.7. The van der Waals surface area contributed by atoms with Gasteiger partial charge in [-0.25, -0.2) is 4.98 Å². The second-order valence-corrected chi connectivity index (χ2v) is 7.09. The molecular formula is C19H24N2O2. The highest BCUT2D eigenvalue weighted by molar-refractivity contribution is 5.96. The fourth-order valence-electron chi connectivity index (χ4n) is 4.46. The Morgan fingerprint density at radius 1 is 1.35 bits per heavy atom. The molecule has 0 spiro atoms. The molecule has 122 valence electrons. The quantitative estimate of drug-likeness (QED) is 0.851. The number of methoxy groups -OCH3 is 1. The highest BCUT2D eigenvalue weighted by Crippen LogP contribution is 2.44. The Labute approximate surface area is 137 Å². The van der Waals surface area contributed by atoms with Crippen LogP contribution in [0.25, 0.3) is 0 Å². The van der Waals surface area contributed by atoms with Gasteiger partial charge in [0, 0.05) is 12.2 Å². The molecule has 3 atom stereocenters. The van der Waals surface area contributed by atoms with Crippen molar-refractivity contribution in [3.05, 3.63) is 35.0 Å². The summed E-state index contributed by atoms with van der Waals surface area (Å²) in [4.78, 5) is 17.0. The molecule has 3 aliphatic rings. The average Bonchev–Trinajstić information content (AvgIpc) is 3.29. The van der Waals surface area contributed by atoms with Crippen LogP contribution in [0.4, 0.5) is 0 Å². The van der Waals surface area contributed by atoms with Crippen LogP contribution < -0.4 is 10.1 Å². The van der Waals surface area contributed by atoms with E-state index in [0.29, 0.717) is 11.4 Å². The summed E-state index contributed by atoms with van der Waals surface area (Å²) in [6.07, 6.45) is 11.5. The van der Waals surface area contributed by atoms with Crippen LogP contribution in [0, 0.1) is 17.8 Å². The third-order valence-electron chi connectivity index (χ3n) is 5.67. The lowest BCUT2D eigenvalue weighted by atomic mass is 9.90. The van der Waals surface area contributed by atoms with E-state index in [1.165, 1.54) is 18.4 Å². The molecule has 4 nitrogen and oxygen atoms in total. The summed E-state index contributed by atoms with van der Waals surface area (Å²) in [7, 11) is 1.59. The molecule has 1 heterocycles. The molecule has 0 unspecified atom stereocenters. The number of aromatic nitrogens is 1. The minimum absolute atomic E-state index is 0.0530. The van der Waals surface area contributed by atoms with Gasteiger partial charge in [-0.2, -0.15) is 0 Å². The number of rotatable bonds is 5. The van der Waals surface area contributed by atoms with Crippen molar-refractivity contribution in [1.29, 1.82) is 0 Å². The van der Waals surface area contributed by atoms with Crippen molar-refractivity contribution in [2.24, 2.45) is 17.8 Å². The molecule has 3 aliphatic carbocycles. The molecule has 4 heteroatoms. The largest absolute Gasteiger partial charge is 0.480 e. The molecule has 2 bridgehead atoms. The Morgan fingerprint density at radius 2 is 2.26 bits per heavy atom. The minimum Gasteiger partial charge on any atom is -0.480 e. The molecule has 4 rings (SSSR count). The fraction of sp³-hybridized carbons (Fsp3) is 0.579. The van der Waals surface area contributed by atoms with Gasteiger partial charge in [-0.15, -0.1) is 0 Å². The average molecular weight is 312 g/mol. The summed E-state index contributed by atoms with van der Waals surface area (Å²) in [6.45, 7) is 0.737. The van der Waals surface area contributed by atoms with E-state index < -0.39 is 0 Å². The van der Waals surface area contributed by atoms with Crippen LogP contribution in [0.3, 0.4) is 0 Å². The maximum absolute atomic E-state index is 12.5. The summed E-state index contributed by atoms with van der Waals surface area (Å²) in [5.74, 6) is 2.69. The van der Waals surface area contributed by atoms with Crippen LogP contribution in [-0.4, -0.2) is 24.5 Å². The lowest BCUT2D eigenvalue weighted by Gasteiger charge is -2.18. The number of allylic oxidation sites excluding steroid dienone is 2. The molecule has 1 saturated carbocycles. The van der Waals surface area contributed by atoms with E-state index in [0.717, 1.165) is 55.7 Å². The van der Waals surface area contributed by atoms with Gasteiger partial charge in [0.1, 0.15) is 5.56 Å². The number of ether oxygens (including phenoxy) is 1. The number of hydrogen-bond donors (Lipinski definition) is 1. The van der Waals surface area contributed by atoms with E-state index in [1.807, 2.05) is 6.07 Å². The van der Waals surface area contributed by atoms with E-state index in [1.54, 1.807) is 7.11 Å². The van der Waals surface area contributed by atoms with Crippen molar-refractivity contribution in [1.82, 2.24) is 10.3 Å². The van der Waals surface area contributed by atoms with Crippen LogP contribution in [0.5, 0.6) is 5.88 Å². The molecule has 1 aromatic heterocycles. The van der Waals surface area contributed by atoms with E-state index in [2.05, 4.69) is 22.5 Å². The van der Waals surface area contributed by atoms with Crippen molar-refractivity contribution in [3.8, 4) is 5.88 Å². The highest BCUT2D eigenvalue weighted by Gasteiger charge is 2.35. The van der Waals surface area contributed by atoms with Crippen LogP contribution in [0.1, 0.15) is 47.3 Å². The number of carbonyl (C=O) groups is 1. The van der Waals surface area contributed by atoms with Gasteiger partial charge in [-0.05, 0) is 67.9 Å². The van der Waals surface area contributed by atoms with Crippen LogP contribution in [-0.2, 0) is 12.8 Å². The van der Waals surface area contributed by atoms with Gasteiger partial charge in [0.2, 0.25) is 5.88 Å². The second-order valence-electron chi connectivity index (χ2n) is 7.09. The third-order valence-corrected chi connectivity index (χ3v) is 5.67. The van der Waals surface area contributed by atoms with Gasteiger partial charge in [-0.3, -0.25) is 4.79 Å². The predicted molar refractivity (Wildman–Crippen MR) is 88.6 cm³/mol. The van der Waals surface area contributed by atoms with Gasteiger partial charge in [0.25, 0.3) is 5.91 Å². The maximum atomic E-state index is 12.5. The van der Waals surface area contributed by atoms with Gasteiger partial charge in [0.15, 0.2) is 0 Å². The first kappa shape index (κ1) is 14.7. The summed E-state index contributed by atoms with van der Waals surface area (Å²) in [5.41, 5.74) is 2.88. The van der Waals surface area contributed by atoms with Crippen LogP contribution >= 0.6 is 0 Å². The molecule has 1 amide bonds. The van der Waals surface area contributed by atoms with Crippen molar-refractivity contribution in [2.45, 2.75) is 38.5 Å². The number of aryl methyl sites for hydroxylation is 2. The Balaban J connectivity index is 1.38. The maximum Gasteiger partial charge on any atom is 0.256 e. The molecule has 1 N–H and O–H groups in total. The Kier molecular flexibility index (Phi) is 3.83. The van der Waals surface area contributed by atoms with Crippen molar-refractivity contribution < 1.29 is 9.53 Å². The first-order valence-electron chi connectivity index (χ1n) is 8.78. The Bertz CT molecular complexity index is 653. The smallest absolute Gasteiger partial charge is 0.256 e. The summed E-state index contributed by atoms with van der Waals surface area (Å²) in [6, 6.07) is 1.98. The summed E-state index contributed by atoms with van der Waals surface area (Å²) in [5, 5.41) is 3.07. The normalized spacial score (nSPS) is 27.3. The lowest BCUT2D eigenvalue weighted by Crippen LogP contribution is -2.27. The first-order valence-corrected chi connectivity index (χ1v) is 8.78. The van der Waals surface area contributed by atoms with Gasteiger partial charge < -0.3 is 10.1 Å². The first-order chi connectivity index (χ1) is 11.2. The van der Waals surface area contributed by atoms with Gasteiger partial charge in [-0.1, -0.05) is 12.2 Å². The molecule has 1 aromatic rings. The molecule has 0 aromatic carbocycles. The zero-order chi connectivity index (χ0) is 15.8. The molecular weight excluding hydrogens is 288 g/mol. The predicted octanol–water partition coefficient (Wildman–Crippen LogP) is 2.91. The summed E-state index contributed by atoms with van der Waals surface area (Å²) >= 11 is 0. The number of amides is 1. The van der Waals surface area contributed by atoms with E-state index in [9.17, 15) is 4.79 Å². The van der Waals surface area contributed by atoms with Crippen molar-refractivity contribution in [2.75, 3.05) is 13.7 Å². The molecule has 0 radical (unpaired) electrons. The summed E-state index contributed by atoms with van der Waals surface area (Å²) < 4.78 is 5.33. The fourth-order valence-corrected chi connectivity index (χ4v) is 4.46. The number of carbonyl (C=O) groups excluding carboxylic acids is 1. The minimum atomic E-state index is -0.0530. The second kappa shape index (κ2) is 5.99. The van der Waals surface area contributed by atoms with E-state index >= 15 is 0 Å². The van der Waals surface area contributed by atoms with Crippen LogP contribution in [0.15, 0.2) is 18.2 Å². The monoisotopic (exact) mass is 312 g/mol. The number of nitrogens with one attached hydrogen (secondary N) is 1. The van der Waals surface area contributed by atoms with E-state index in [4.69, 9.17) is 4.74 Å². The molecule has 23 heavy (non-hydrogen) atoms. The highest BCUT2D eigenvalue weighted by atomic mass is 16.5. The molecule has 0 saturated heterocycles. The standard InChI is InChI=1S/C19H24N2O2/c1-23-19-16(11-15-3-2-4-17(15)21-19)18(22)20-8-7-14-10-12-5-6-13(14)9-12/h5-6,11-14H,2-4,7-10H2,1H3,(H,20,22)/t12-,13+,14-/m1/s1. The third kappa shape index (κ3) is 2.75. The Hall–Kier alpha value is -1.84. The van der Waals surface area contributed by atoms with E-state index in [-0.39, 0.29) is 5.91 Å². The zero-order valence-corrected chi connectivity index (χ0v) is 13.7. The number of fused-ring (bicyclic) bond motifs is 3. The van der Waals surface area contributed by atoms with Crippen LogP contribution in [0.2, 0.25) is 0 Å². The van der Waals surface area contributed by atoms with Gasteiger partial charge in [0.05, 0.1) is 7.11 Å². The number of nitrogens with zero attached hydrogens (tertiary/aromatic N) is 1. The van der Waals surface area contributed by atoms with Crippen molar-refractivity contribution in [3.63, 3.8) is 0 Å². The lowest BCUT2D eigenvalue weighted by molar-refractivity contribution is 0.0947. The van der Waals surface area contributed by atoms with Gasteiger partial charge >= 0.3 is 0 Å². The SMILES string of the molecule is COc1nc2c(cc1C(=O)NCC[C@@H]1C[C@@H]3C=C[C@H]1C3)CCC2. The number of pyridine rings is 1.